The summed E-state index contributed by atoms with van der Waals surface area (Å²) in [5.74, 6) is 0.850. The SMILES string of the molecule is COc1ccc(N(c2ccc(C)cc2)c2ccc(-c3ccc(Br)cc3)cc2)cc1. The van der Waals surface area contributed by atoms with Gasteiger partial charge in [0.15, 0.2) is 0 Å². The van der Waals surface area contributed by atoms with Crippen LogP contribution in [-0.4, -0.2) is 7.11 Å². The van der Waals surface area contributed by atoms with E-state index in [1.165, 1.54) is 16.7 Å². The van der Waals surface area contributed by atoms with E-state index < -0.39 is 0 Å². The van der Waals surface area contributed by atoms with E-state index in [-0.39, 0.29) is 0 Å². The molecule has 0 N–H and O–H groups in total. The molecule has 0 heterocycles. The van der Waals surface area contributed by atoms with Crippen molar-refractivity contribution >= 4 is 33.0 Å². The Labute approximate surface area is 180 Å². The number of aryl methyl sites for hydroxylation is 1. The van der Waals surface area contributed by atoms with Crippen molar-refractivity contribution in [3.8, 4) is 16.9 Å². The van der Waals surface area contributed by atoms with Crippen molar-refractivity contribution < 1.29 is 4.74 Å². The highest BCUT2D eigenvalue weighted by Gasteiger charge is 2.12. The minimum absolute atomic E-state index is 0.850. The summed E-state index contributed by atoms with van der Waals surface area (Å²) in [7, 11) is 1.69. The lowest BCUT2D eigenvalue weighted by atomic mass is 10.0. The molecule has 4 aromatic rings. The summed E-state index contributed by atoms with van der Waals surface area (Å²) in [5.41, 5.74) is 6.96. The molecule has 0 bridgehead atoms. The molecule has 0 aliphatic rings. The van der Waals surface area contributed by atoms with E-state index in [1.807, 2.05) is 12.1 Å². The summed E-state index contributed by atoms with van der Waals surface area (Å²) in [5, 5.41) is 0. The van der Waals surface area contributed by atoms with Gasteiger partial charge in [-0.15, -0.1) is 0 Å². The van der Waals surface area contributed by atoms with Gasteiger partial charge in [0.05, 0.1) is 7.11 Å². The number of benzene rings is 4. The van der Waals surface area contributed by atoms with Gasteiger partial charge >= 0.3 is 0 Å². The molecular formula is C26H22BrNO. The first-order chi connectivity index (χ1) is 14.1. The molecule has 144 valence electrons. The minimum atomic E-state index is 0.850. The Bertz CT molecular complexity index is 1070. The maximum atomic E-state index is 5.33. The molecule has 0 amide bonds. The summed E-state index contributed by atoms with van der Waals surface area (Å²) in [4.78, 5) is 2.25. The molecular weight excluding hydrogens is 422 g/mol. The second-order valence-corrected chi connectivity index (χ2v) is 7.84. The van der Waals surface area contributed by atoms with Crippen molar-refractivity contribution in [1.82, 2.24) is 0 Å². The average molecular weight is 444 g/mol. The molecule has 0 radical (unpaired) electrons. The monoisotopic (exact) mass is 443 g/mol. The number of ether oxygens (including phenoxy) is 1. The fraction of sp³-hybridized carbons (Fsp3) is 0.0769. The second kappa shape index (κ2) is 8.54. The third-order valence-corrected chi connectivity index (χ3v) is 5.45. The smallest absolute Gasteiger partial charge is 0.119 e. The van der Waals surface area contributed by atoms with Gasteiger partial charge in [0.2, 0.25) is 0 Å². The number of nitrogens with zero attached hydrogens (tertiary/aromatic N) is 1. The summed E-state index contributed by atoms with van der Waals surface area (Å²) in [6, 6.07) is 33.8. The zero-order valence-corrected chi connectivity index (χ0v) is 18.1. The highest BCUT2D eigenvalue weighted by Crippen LogP contribution is 2.36. The van der Waals surface area contributed by atoms with Crippen LogP contribution in [0.1, 0.15) is 5.56 Å². The van der Waals surface area contributed by atoms with Crippen LogP contribution >= 0.6 is 15.9 Å². The fourth-order valence-corrected chi connectivity index (χ4v) is 3.58. The lowest BCUT2D eigenvalue weighted by Gasteiger charge is -2.26. The summed E-state index contributed by atoms with van der Waals surface area (Å²) in [6.45, 7) is 2.11. The van der Waals surface area contributed by atoms with E-state index in [9.17, 15) is 0 Å². The van der Waals surface area contributed by atoms with Gasteiger partial charge in [-0.2, -0.15) is 0 Å². The Balaban J connectivity index is 1.73. The first-order valence-corrected chi connectivity index (χ1v) is 10.3. The number of anilines is 3. The van der Waals surface area contributed by atoms with Gasteiger partial charge in [-0.25, -0.2) is 0 Å². The van der Waals surface area contributed by atoms with E-state index in [4.69, 9.17) is 4.74 Å². The molecule has 0 fully saturated rings. The van der Waals surface area contributed by atoms with Gasteiger partial charge in [0, 0.05) is 21.5 Å². The minimum Gasteiger partial charge on any atom is -0.497 e. The van der Waals surface area contributed by atoms with Gasteiger partial charge < -0.3 is 9.64 Å². The topological polar surface area (TPSA) is 12.5 Å². The number of hydrogen-bond acceptors (Lipinski definition) is 2. The van der Waals surface area contributed by atoms with Crippen LogP contribution in [0.4, 0.5) is 17.1 Å². The predicted molar refractivity (Wildman–Crippen MR) is 126 cm³/mol. The van der Waals surface area contributed by atoms with Crippen LogP contribution < -0.4 is 9.64 Å². The van der Waals surface area contributed by atoms with Crippen molar-refractivity contribution in [3.63, 3.8) is 0 Å². The quantitative estimate of drug-likeness (QED) is 0.310. The van der Waals surface area contributed by atoms with Gasteiger partial charge in [-0.3, -0.25) is 0 Å². The standard InChI is InChI=1S/C26H22BrNO/c1-19-3-11-23(12-4-19)28(25-15-17-26(29-2)18-16-25)24-13-7-21(8-14-24)20-5-9-22(27)10-6-20/h3-18H,1-2H3. The van der Waals surface area contributed by atoms with Gasteiger partial charge in [-0.1, -0.05) is 57.9 Å². The molecule has 4 rings (SSSR count). The van der Waals surface area contributed by atoms with Crippen LogP contribution in [0, 0.1) is 6.92 Å². The van der Waals surface area contributed by atoms with E-state index in [1.54, 1.807) is 7.11 Å². The zero-order valence-electron chi connectivity index (χ0n) is 16.5. The molecule has 0 aliphatic carbocycles. The molecule has 0 aliphatic heterocycles. The lowest BCUT2D eigenvalue weighted by molar-refractivity contribution is 0.415. The fourth-order valence-electron chi connectivity index (χ4n) is 3.32. The first kappa shape index (κ1) is 19.3. The van der Waals surface area contributed by atoms with Crippen LogP contribution in [0.3, 0.4) is 0 Å². The summed E-state index contributed by atoms with van der Waals surface area (Å²) >= 11 is 3.50. The molecule has 2 nitrogen and oxygen atoms in total. The largest absolute Gasteiger partial charge is 0.497 e. The molecule has 3 heteroatoms. The van der Waals surface area contributed by atoms with Crippen LogP contribution in [0.15, 0.2) is 102 Å². The first-order valence-electron chi connectivity index (χ1n) is 9.51. The molecule has 0 saturated carbocycles. The Morgan fingerprint density at radius 2 is 1.00 bits per heavy atom. The maximum absolute atomic E-state index is 5.33. The normalized spacial score (nSPS) is 10.6. The van der Waals surface area contributed by atoms with Crippen LogP contribution in [-0.2, 0) is 0 Å². The van der Waals surface area contributed by atoms with Crippen molar-refractivity contribution in [2.24, 2.45) is 0 Å². The average Bonchev–Trinajstić information content (AvgIpc) is 2.77. The van der Waals surface area contributed by atoms with Crippen molar-refractivity contribution in [3.05, 3.63) is 107 Å². The predicted octanol–water partition coefficient (Wildman–Crippen LogP) is 7.90. The molecule has 0 unspecified atom stereocenters. The van der Waals surface area contributed by atoms with Gasteiger partial charge in [0.1, 0.15) is 5.75 Å². The second-order valence-electron chi connectivity index (χ2n) is 6.92. The third-order valence-electron chi connectivity index (χ3n) is 4.93. The highest BCUT2D eigenvalue weighted by molar-refractivity contribution is 9.10. The Morgan fingerprint density at radius 3 is 1.48 bits per heavy atom. The molecule has 29 heavy (non-hydrogen) atoms. The van der Waals surface area contributed by atoms with Crippen LogP contribution in [0.5, 0.6) is 5.75 Å². The maximum Gasteiger partial charge on any atom is 0.119 e. The van der Waals surface area contributed by atoms with E-state index in [2.05, 4.69) is 113 Å². The zero-order chi connectivity index (χ0) is 20.2. The number of methoxy groups -OCH3 is 1. The summed E-state index contributed by atoms with van der Waals surface area (Å²) < 4.78 is 6.41. The van der Waals surface area contributed by atoms with E-state index in [0.717, 1.165) is 27.3 Å². The molecule has 0 atom stereocenters. The number of halogens is 1. The number of hydrogen-bond donors (Lipinski definition) is 0. The van der Waals surface area contributed by atoms with Crippen molar-refractivity contribution in [1.29, 1.82) is 0 Å². The molecule has 0 saturated heterocycles. The lowest BCUT2D eigenvalue weighted by Crippen LogP contribution is -2.09. The Hall–Kier alpha value is -3.04. The van der Waals surface area contributed by atoms with Gasteiger partial charge in [0.25, 0.3) is 0 Å². The van der Waals surface area contributed by atoms with Gasteiger partial charge in [-0.05, 0) is 78.7 Å². The summed E-state index contributed by atoms with van der Waals surface area (Å²) in [6.07, 6.45) is 0. The molecule has 0 aromatic heterocycles. The highest BCUT2D eigenvalue weighted by atomic mass is 79.9. The van der Waals surface area contributed by atoms with E-state index in [0.29, 0.717) is 0 Å². The Morgan fingerprint density at radius 1 is 0.586 bits per heavy atom. The third kappa shape index (κ3) is 4.36. The number of rotatable bonds is 5. The van der Waals surface area contributed by atoms with Crippen molar-refractivity contribution in [2.45, 2.75) is 6.92 Å². The van der Waals surface area contributed by atoms with Crippen LogP contribution in [0.2, 0.25) is 0 Å². The van der Waals surface area contributed by atoms with E-state index >= 15 is 0 Å². The molecule has 4 aromatic carbocycles. The molecule has 0 spiro atoms. The van der Waals surface area contributed by atoms with Crippen LogP contribution in [0.25, 0.3) is 11.1 Å². The van der Waals surface area contributed by atoms with Crippen molar-refractivity contribution in [2.75, 3.05) is 12.0 Å². The Kier molecular flexibility index (Phi) is 5.68.